The standard InChI is InChI=1S/C20H27NO5/c1-5-24-19(23)21-11-9-14-7-6-8-16-18(14)15(10-12-25-16)13-17(22)26-20(2,3)4/h6-8,13H,5,9-12H2,1-4H3,(H,21,23)/b15-13+. The Bertz CT molecular complexity index is 688. The Balaban J connectivity index is 2.18. The molecule has 1 aromatic rings. The number of nitrogens with one attached hydrogen (secondary N) is 1. The van der Waals surface area contributed by atoms with E-state index in [1.165, 1.54) is 0 Å². The second kappa shape index (κ2) is 8.74. The van der Waals surface area contributed by atoms with Crippen molar-refractivity contribution < 1.29 is 23.8 Å². The third kappa shape index (κ3) is 5.79. The van der Waals surface area contributed by atoms with Gasteiger partial charge in [0.25, 0.3) is 0 Å². The van der Waals surface area contributed by atoms with Crippen LogP contribution in [0.5, 0.6) is 5.75 Å². The minimum Gasteiger partial charge on any atom is -0.493 e. The average molecular weight is 361 g/mol. The first-order valence-electron chi connectivity index (χ1n) is 8.89. The summed E-state index contributed by atoms with van der Waals surface area (Å²) < 4.78 is 16.0. The van der Waals surface area contributed by atoms with E-state index < -0.39 is 11.7 Å². The van der Waals surface area contributed by atoms with E-state index in [1.807, 2.05) is 39.0 Å². The van der Waals surface area contributed by atoms with Crippen molar-refractivity contribution in [2.24, 2.45) is 0 Å². The number of ether oxygens (including phenoxy) is 3. The van der Waals surface area contributed by atoms with Gasteiger partial charge in [-0.2, -0.15) is 0 Å². The minimum absolute atomic E-state index is 0.336. The van der Waals surface area contributed by atoms with E-state index in [9.17, 15) is 9.59 Å². The summed E-state index contributed by atoms with van der Waals surface area (Å²) in [6.45, 7) is 8.58. The van der Waals surface area contributed by atoms with Gasteiger partial charge in [-0.3, -0.25) is 0 Å². The molecule has 0 fully saturated rings. The van der Waals surface area contributed by atoms with Gasteiger partial charge in [-0.1, -0.05) is 12.1 Å². The van der Waals surface area contributed by atoms with Gasteiger partial charge in [0.15, 0.2) is 0 Å². The third-order valence-electron chi connectivity index (χ3n) is 3.70. The highest BCUT2D eigenvalue weighted by Gasteiger charge is 2.22. The van der Waals surface area contributed by atoms with E-state index in [0.717, 1.165) is 22.4 Å². The fraction of sp³-hybridized carbons (Fsp3) is 0.500. The number of carbonyl (C=O) groups is 2. The van der Waals surface area contributed by atoms with Gasteiger partial charge in [0, 0.05) is 24.6 Å². The summed E-state index contributed by atoms with van der Waals surface area (Å²) in [5.41, 5.74) is 2.28. The molecular formula is C20H27NO5. The van der Waals surface area contributed by atoms with Crippen LogP contribution in [-0.2, 0) is 20.7 Å². The molecule has 1 amide bonds. The highest BCUT2D eigenvalue weighted by Crippen LogP contribution is 2.36. The summed E-state index contributed by atoms with van der Waals surface area (Å²) in [6, 6.07) is 5.78. The molecule has 0 aliphatic carbocycles. The zero-order valence-electron chi connectivity index (χ0n) is 15.9. The van der Waals surface area contributed by atoms with Crippen molar-refractivity contribution >= 4 is 17.6 Å². The van der Waals surface area contributed by atoms with Gasteiger partial charge in [0.1, 0.15) is 11.4 Å². The molecule has 0 aromatic heterocycles. The van der Waals surface area contributed by atoms with Crippen LogP contribution in [0.2, 0.25) is 0 Å². The largest absolute Gasteiger partial charge is 0.493 e. The quantitative estimate of drug-likeness (QED) is 0.642. The Morgan fingerprint density at radius 2 is 2.08 bits per heavy atom. The number of carbonyl (C=O) groups excluding carboxylic acids is 2. The SMILES string of the molecule is CCOC(=O)NCCc1cccc2c1/C(=C/C(=O)OC(C)(C)C)CCO2. The normalized spacial score (nSPS) is 15.0. The number of amides is 1. The lowest BCUT2D eigenvalue weighted by Crippen LogP contribution is -2.27. The lowest BCUT2D eigenvalue weighted by Gasteiger charge is -2.24. The second-order valence-electron chi connectivity index (χ2n) is 6.99. The summed E-state index contributed by atoms with van der Waals surface area (Å²) in [5.74, 6) is 0.388. The van der Waals surface area contributed by atoms with Crippen LogP contribution in [0.1, 0.15) is 45.2 Å². The van der Waals surface area contributed by atoms with E-state index in [4.69, 9.17) is 14.2 Å². The Kier molecular flexibility index (Phi) is 6.66. The molecule has 0 atom stereocenters. The molecule has 142 valence electrons. The molecule has 0 saturated heterocycles. The number of benzene rings is 1. The second-order valence-corrected chi connectivity index (χ2v) is 6.99. The van der Waals surface area contributed by atoms with Crippen molar-refractivity contribution in [3.05, 3.63) is 35.4 Å². The van der Waals surface area contributed by atoms with Crippen molar-refractivity contribution in [1.29, 1.82) is 0 Å². The maximum Gasteiger partial charge on any atom is 0.407 e. The molecule has 1 aliphatic rings. The summed E-state index contributed by atoms with van der Waals surface area (Å²) >= 11 is 0. The number of alkyl carbamates (subject to hydrolysis) is 1. The van der Waals surface area contributed by atoms with Crippen LogP contribution < -0.4 is 10.1 Å². The molecule has 0 bridgehead atoms. The Labute approximate surface area is 154 Å². The number of hydrogen-bond acceptors (Lipinski definition) is 5. The topological polar surface area (TPSA) is 73.9 Å². The van der Waals surface area contributed by atoms with Gasteiger partial charge in [0.05, 0.1) is 13.2 Å². The average Bonchev–Trinajstić information content (AvgIpc) is 2.53. The Morgan fingerprint density at radius 3 is 2.77 bits per heavy atom. The molecule has 0 unspecified atom stereocenters. The highest BCUT2D eigenvalue weighted by molar-refractivity contribution is 5.93. The number of esters is 1. The molecular weight excluding hydrogens is 334 g/mol. The third-order valence-corrected chi connectivity index (χ3v) is 3.70. The van der Waals surface area contributed by atoms with Crippen molar-refractivity contribution in [2.45, 2.75) is 46.1 Å². The number of hydrogen-bond donors (Lipinski definition) is 1. The van der Waals surface area contributed by atoms with E-state index >= 15 is 0 Å². The first-order chi connectivity index (χ1) is 12.3. The Hall–Kier alpha value is -2.50. The van der Waals surface area contributed by atoms with E-state index in [2.05, 4.69) is 5.32 Å². The van der Waals surface area contributed by atoms with Gasteiger partial charge in [-0.15, -0.1) is 0 Å². The maximum atomic E-state index is 12.2. The first kappa shape index (κ1) is 19.8. The van der Waals surface area contributed by atoms with Gasteiger partial charge in [0.2, 0.25) is 0 Å². The molecule has 1 N–H and O–H groups in total. The highest BCUT2D eigenvalue weighted by atomic mass is 16.6. The summed E-state index contributed by atoms with van der Waals surface area (Å²) in [5, 5.41) is 2.71. The molecule has 1 heterocycles. The van der Waals surface area contributed by atoms with Crippen LogP contribution in [0.25, 0.3) is 5.57 Å². The lowest BCUT2D eigenvalue weighted by molar-refractivity contribution is -0.148. The number of rotatable bonds is 5. The van der Waals surface area contributed by atoms with Crippen LogP contribution in [0.3, 0.4) is 0 Å². The van der Waals surface area contributed by atoms with Crippen LogP contribution in [-0.4, -0.2) is 37.4 Å². The molecule has 2 rings (SSSR count). The lowest BCUT2D eigenvalue weighted by atomic mass is 9.92. The van der Waals surface area contributed by atoms with Crippen LogP contribution in [0.15, 0.2) is 24.3 Å². The van der Waals surface area contributed by atoms with Crippen molar-refractivity contribution in [3.8, 4) is 5.75 Å². The van der Waals surface area contributed by atoms with E-state index in [-0.39, 0.29) is 5.97 Å². The predicted molar refractivity (Wildman–Crippen MR) is 99.1 cm³/mol. The maximum absolute atomic E-state index is 12.2. The zero-order chi connectivity index (χ0) is 19.2. The molecule has 0 saturated carbocycles. The van der Waals surface area contributed by atoms with E-state index in [1.54, 1.807) is 13.0 Å². The van der Waals surface area contributed by atoms with Gasteiger partial charge in [-0.05, 0) is 51.3 Å². The molecule has 1 aromatic carbocycles. The van der Waals surface area contributed by atoms with Crippen LogP contribution in [0, 0.1) is 0 Å². The van der Waals surface area contributed by atoms with Crippen LogP contribution in [0.4, 0.5) is 4.79 Å². The Morgan fingerprint density at radius 1 is 1.31 bits per heavy atom. The fourth-order valence-corrected chi connectivity index (χ4v) is 2.76. The van der Waals surface area contributed by atoms with Crippen LogP contribution >= 0.6 is 0 Å². The summed E-state index contributed by atoms with van der Waals surface area (Å²) in [7, 11) is 0. The minimum atomic E-state index is -0.536. The zero-order valence-corrected chi connectivity index (χ0v) is 15.9. The van der Waals surface area contributed by atoms with Gasteiger partial charge in [-0.25, -0.2) is 9.59 Å². The van der Waals surface area contributed by atoms with Gasteiger partial charge < -0.3 is 19.5 Å². The van der Waals surface area contributed by atoms with Crippen molar-refractivity contribution in [1.82, 2.24) is 5.32 Å². The molecule has 1 aliphatic heterocycles. The first-order valence-corrected chi connectivity index (χ1v) is 8.89. The molecule has 0 radical (unpaired) electrons. The molecule has 0 spiro atoms. The predicted octanol–water partition coefficient (Wildman–Crippen LogP) is 3.48. The summed E-state index contributed by atoms with van der Waals surface area (Å²) in [4.78, 5) is 23.6. The van der Waals surface area contributed by atoms with Crippen molar-refractivity contribution in [3.63, 3.8) is 0 Å². The smallest absolute Gasteiger partial charge is 0.407 e. The van der Waals surface area contributed by atoms with Gasteiger partial charge >= 0.3 is 12.1 Å². The summed E-state index contributed by atoms with van der Waals surface area (Å²) in [6.07, 6.45) is 2.36. The molecule has 6 heteroatoms. The molecule has 26 heavy (non-hydrogen) atoms. The number of fused-ring (bicyclic) bond motifs is 1. The monoisotopic (exact) mass is 361 g/mol. The van der Waals surface area contributed by atoms with Crippen molar-refractivity contribution in [2.75, 3.05) is 19.8 Å². The van der Waals surface area contributed by atoms with E-state index in [0.29, 0.717) is 32.6 Å². The fourth-order valence-electron chi connectivity index (χ4n) is 2.76. The molecule has 6 nitrogen and oxygen atoms in total.